The van der Waals surface area contributed by atoms with Crippen LogP contribution in [0.5, 0.6) is 0 Å². The summed E-state index contributed by atoms with van der Waals surface area (Å²) in [5.74, 6) is 0. The third-order valence-electron chi connectivity index (χ3n) is 3.47. The second kappa shape index (κ2) is 6.30. The Hall–Kier alpha value is -1.82. The molecule has 3 nitrogen and oxygen atoms in total. The Labute approximate surface area is 121 Å². The molecule has 0 aliphatic rings. The first kappa shape index (κ1) is 15.6. The van der Waals surface area contributed by atoms with E-state index in [1.807, 2.05) is 18.4 Å². The quantitative estimate of drug-likeness (QED) is 0.910. The van der Waals surface area contributed by atoms with E-state index in [4.69, 9.17) is 0 Å². The van der Waals surface area contributed by atoms with Crippen LogP contribution in [0.4, 0.5) is 13.2 Å². The van der Waals surface area contributed by atoms with Crippen LogP contribution >= 0.6 is 0 Å². The van der Waals surface area contributed by atoms with E-state index in [0.717, 1.165) is 29.9 Å². The zero-order valence-corrected chi connectivity index (χ0v) is 12.0. The van der Waals surface area contributed by atoms with Crippen LogP contribution in [0.25, 0.3) is 0 Å². The van der Waals surface area contributed by atoms with Gasteiger partial charge in [-0.15, -0.1) is 0 Å². The molecule has 21 heavy (non-hydrogen) atoms. The molecule has 0 saturated heterocycles. The average Bonchev–Trinajstić information content (AvgIpc) is 2.91. The molecule has 0 radical (unpaired) electrons. The van der Waals surface area contributed by atoms with Crippen molar-refractivity contribution in [3.8, 4) is 0 Å². The van der Waals surface area contributed by atoms with Gasteiger partial charge in [-0.2, -0.15) is 13.2 Å². The van der Waals surface area contributed by atoms with Gasteiger partial charge in [0.1, 0.15) is 0 Å². The Morgan fingerprint density at radius 2 is 1.90 bits per heavy atom. The van der Waals surface area contributed by atoms with Crippen LogP contribution in [0.1, 0.15) is 36.7 Å². The van der Waals surface area contributed by atoms with Crippen molar-refractivity contribution in [1.82, 2.24) is 14.9 Å². The predicted octanol–water partition coefficient (Wildman–Crippen LogP) is 3.77. The lowest BCUT2D eigenvalue weighted by Gasteiger charge is -2.16. The summed E-state index contributed by atoms with van der Waals surface area (Å²) in [6, 6.07) is 5.22. The Morgan fingerprint density at radius 1 is 1.24 bits per heavy atom. The minimum Gasteiger partial charge on any atom is -0.334 e. The number of hydrogen-bond acceptors (Lipinski definition) is 2. The van der Waals surface area contributed by atoms with Crippen LogP contribution in [0, 0.1) is 0 Å². The summed E-state index contributed by atoms with van der Waals surface area (Å²) in [5, 5.41) is 3.29. The lowest BCUT2D eigenvalue weighted by atomic mass is 10.1. The predicted molar refractivity (Wildman–Crippen MR) is 74.6 cm³/mol. The van der Waals surface area contributed by atoms with E-state index in [1.54, 1.807) is 12.5 Å². The zero-order valence-electron chi connectivity index (χ0n) is 12.0. The van der Waals surface area contributed by atoms with Gasteiger partial charge in [-0.1, -0.05) is 12.1 Å². The van der Waals surface area contributed by atoms with E-state index in [0.29, 0.717) is 6.54 Å². The summed E-state index contributed by atoms with van der Waals surface area (Å²) in [7, 11) is 0. The fraction of sp³-hybridized carbons (Fsp3) is 0.400. The standard InChI is InChI=1S/C15H18F3N3/c1-3-21-10-19-8-14(21)9-20-11(2)12-4-6-13(7-5-12)15(16,17)18/h4-8,10-11,20H,3,9H2,1-2H3. The molecular formula is C15H18F3N3. The van der Waals surface area contributed by atoms with E-state index >= 15 is 0 Å². The Kier molecular flexibility index (Phi) is 4.67. The molecule has 0 aliphatic heterocycles. The number of halogens is 3. The fourth-order valence-electron chi connectivity index (χ4n) is 2.12. The average molecular weight is 297 g/mol. The van der Waals surface area contributed by atoms with Crippen molar-refractivity contribution < 1.29 is 13.2 Å². The maximum Gasteiger partial charge on any atom is 0.416 e. The number of benzene rings is 1. The van der Waals surface area contributed by atoms with Gasteiger partial charge >= 0.3 is 6.18 Å². The van der Waals surface area contributed by atoms with Crippen molar-refractivity contribution in [2.75, 3.05) is 0 Å². The Morgan fingerprint density at radius 3 is 2.48 bits per heavy atom. The highest BCUT2D eigenvalue weighted by molar-refractivity contribution is 5.26. The highest BCUT2D eigenvalue weighted by Crippen LogP contribution is 2.29. The lowest BCUT2D eigenvalue weighted by molar-refractivity contribution is -0.137. The molecule has 114 valence electrons. The second-order valence-electron chi connectivity index (χ2n) is 4.89. The number of aryl methyl sites for hydroxylation is 1. The summed E-state index contributed by atoms with van der Waals surface area (Å²) >= 11 is 0. The summed E-state index contributed by atoms with van der Waals surface area (Å²) in [4.78, 5) is 4.08. The van der Waals surface area contributed by atoms with Crippen LogP contribution in [0.3, 0.4) is 0 Å². The van der Waals surface area contributed by atoms with Gasteiger partial charge in [-0.3, -0.25) is 0 Å². The lowest BCUT2D eigenvalue weighted by Crippen LogP contribution is -2.20. The summed E-state index contributed by atoms with van der Waals surface area (Å²) < 4.78 is 39.6. The Balaban J connectivity index is 1.99. The number of aromatic nitrogens is 2. The van der Waals surface area contributed by atoms with Crippen molar-refractivity contribution in [3.63, 3.8) is 0 Å². The zero-order chi connectivity index (χ0) is 15.5. The highest BCUT2D eigenvalue weighted by atomic mass is 19.4. The fourth-order valence-corrected chi connectivity index (χ4v) is 2.12. The molecule has 2 rings (SSSR count). The molecular weight excluding hydrogens is 279 g/mol. The van der Waals surface area contributed by atoms with E-state index < -0.39 is 11.7 Å². The molecule has 1 N–H and O–H groups in total. The molecule has 2 aromatic rings. The van der Waals surface area contributed by atoms with E-state index in [2.05, 4.69) is 10.3 Å². The molecule has 0 bridgehead atoms. The molecule has 1 aromatic heterocycles. The third kappa shape index (κ3) is 3.85. The summed E-state index contributed by atoms with van der Waals surface area (Å²) in [5.41, 5.74) is 1.25. The Bertz CT molecular complexity index is 573. The van der Waals surface area contributed by atoms with E-state index in [9.17, 15) is 13.2 Å². The first-order chi connectivity index (χ1) is 9.91. The molecule has 1 aromatic carbocycles. The minimum atomic E-state index is -4.29. The normalized spacial score (nSPS) is 13.4. The molecule has 6 heteroatoms. The van der Waals surface area contributed by atoms with Crippen molar-refractivity contribution in [1.29, 1.82) is 0 Å². The van der Waals surface area contributed by atoms with Gasteiger partial charge in [-0.05, 0) is 31.5 Å². The minimum absolute atomic E-state index is 0.0347. The van der Waals surface area contributed by atoms with Crippen molar-refractivity contribution >= 4 is 0 Å². The van der Waals surface area contributed by atoms with Gasteiger partial charge < -0.3 is 9.88 Å². The molecule has 0 spiro atoms. The number of nitrogens with zero attached hydrogens (tertiary/aromatic N) is 2. The SMILES string of the molecule is CCn1cncc1CNC(C)c1ccc(C(F)(F)F)cc1. The van der Waals surface area contributed by atoms with Crippen molar-refractivity contribution in [2.45, 2.75) is 39.2 Å². The number of imidazole rings is 1. The van der Waals surface area contributed by atoms with Gasteiger partial charge in [0.15, 0.2) is 0 Å². The summed E-state index contributed by atoms with van der Waals surface area (Å²) in [6.07, 6.45) is -0.738. The maximum absolute atomic E-state index is 12.5. The molecule has 0 fully saturated rings. The largest absolute Gasteiger partial charge is 0.416 e. The molecule has 1 heterocycles. The van der Waals surface area contributed by atoms with Crippen LogP contribution in [0.2, 0.25) is 0 Å². The smallest absolute Gasteiger partial charge is 0.334 e. The van der Waals surface area contributed by atoms with Gasteiger partial charge in [0.2, 0.25) is 0 Å². The number of rotatable bonds is 5. The maximum atomic E-state index is 12.5. The van der Waals surface area contributed by atoms with Crippen LogP contribution in [0.15, 0.2) is 36.8 Å². The molecule has 0 amide bonds. The van der Waals surface area contributed by atoms with Crippen LogP contribution in [-0.4, -0.2) is 9.55 Å². The first-order valence-electron chi connectivity index (χ1n) is 6.81. The van der Waals surface area contributed by atoms with Gasteiger partial charge in [0.05, 0.1) is 17.6 Å². The highest BCUT2D eigenvalue weighted by Gasteiger charge is 2.30. The topological polar surface area (TPSA) is 29.9 Å². The van der Waals surface area contributed by atoms with E-state index in [-0.39, 0.29) is 6.04 Å². The number of nitrogens with one attached hydrogen (secondary N) is 1. The first-order valence-corrected chi connectivity index (χ1v) is 6.81. The number of alkyl halides is 3. The number of hydrogen-bond donors (Lipinski definition) is 1. The molecule has 1 unspecified atom stereocenters. The van der Waals surface area contributed by atoms with Crippen molar-refractivity contribution in [3.05, 3.63) is 53.6 Å². The van der Waals surface area contributed by atoms with Crippen molar-refractivity contribution in [2.24, 2.45) is 0 Å². The van der Waals surface area contributed by atoms with Crippen LogP contribution in [-0.2, 0) is 19.3 Å². The molecule has 1 atom stereocenters. The monoisotopic (exact) mass is 297 g/mol. The second-order valence-corrected chi connectivity index (χ2v) is 4.89. The molecule has 0 aliphatic carbocycles. The van der Waals surface area contributed by atoms with E-state index in [1.165, 1.54) is 12.1 Å². The van der Waals surface area contributed by atoms with Gasteiger partial charge in [0.25, 0.3) is 0 Å². The van der Waals surface area contributed by atoms with Gasteiger partial charge in [0, 0.05) is 25.3 Å². The van der Waals surface area contributed by atoms with Crippen LogP contribution < -0.4 is 5.32 Å². The molecule has 0 saturated carbocycles. The van der Waals surface area contributed by atoms with Gasteiger partial charge in [-0.25, -0.2) is 4.98 Å². The third-order valence-corrected chi connectivity index (χ3v) is 3.47. The summed E-state index contributed by atoms with van der Waals surface area (Å²) in [6.45, 7) is 5.42.